The Kier molecular flexibility index (Phi) is 4.75. The van der Waals surface area contributed by atoms with Crippen LogP contribution in [0.3, 0.4) is 0 Å². The predicted molar refractivity (Wildman–Crippen MR) is 87.7 cm³/mol. The summed E-state index contributed by atoms with van der Waals surface area (Å²) in [6, 6.07) is 8.51. The maximum absolute atomic E-state index is 13.1. The number of benzene rings is 2. The molecule has 0 spiro atoms. The third-order valence-electron chi connectivity index (χ3n) is 3.12. The Bertz CT molecular complexity index is 626. The lowest BCUT2D eigenvalue weighted by molar-refractivity contribution is 0.626. The Labute approximate surface area is 136 Å². The molecule has 0 fully saturated rings. The molecular formula is C15H12Cl2FI. The standard InChI is InChI=1S/C15H12Cl2FI/c1-8-5-12(13(16)6-9(8)2)15(17)11-4-3-10(18)7-14(11)19/h3-7,15H,1-2H3. The first kappa shape index (κ1) is 15.1. The maximum atomic E-state index is 13.1. The van der Waals surface area contributed by atoms with Gasteiger partial charge in [-0.05, 0) is 76.9 Å². The van der Waals surface area contributed by atoms with Gasteiger partial charge in [0.25, 0.3) is 0 Å². The first-order valence-electron chi connectivity index (χ1n) is 5.76. The zero-order valence-electron chi connectivity index (χ0n) is 10.5. The van der Waals surface area contributed by atoms with Crippen molar-refractivity contribution in [1.29, 1.82) is 0 Å². The molecule has 1 unspecified atom stereocenters. The summed E-state index contributed by atoms with van der Waals surface area (Å²) in [5.74, 6) is -0.261. The van der Waals surface area contributed by atoms with Crippen molar-refractivity contribution in [1.82, 2.24) is 0 Å². The van der Waals surface area contributed by atoms with Gasteiger partial charge < -0.3 is 0 Å². The Balaban J connectivity index is 2.49. The summed E-state index contributed by atoms with van der Waals surface area (Å²) < 4.78 is 13.9. The van der Waals surface area contributed by atoms with Crippen molar-refractivity contribution in [3.05, 3.63) is 67.0 Å². The summed E-state index contributed by atoms with van der Waals surface area (Å²) in [5.41, 5.74) is 4.00. The molecule has 0 aliphatic carbocycles. The molecule has 1 atom stereocenters. The monoisotopic (exact) mass is 408 g/mol. The topological polar surface area (TPSA) is 0 Å². The van der Waals surface area contributed by atoms with Gasteiger partial charge in [-0.2, -0.15) is 0 Å². The lowest BCUT2D eigenvalue weighted by atomic mass is 10.00. The van der Waals surface area contributed by atoms with Gasteiger partial charge in [-0.15, -0.1) is 11.6 Å². The summed E-state index contributed by atoms with van der Waals surface area (Å²) >= 11 is 14.9. The average Bonchev–Trinajstić information content (AvgIpc) is 2.33. The minimum Gasteiger partial charge on any atom is -0.207 e. The molecule has 0 aromatic heterocycles. The number of halogens is 4. The molecule has 0 heterocycles. The van der Waals surface area contributed by atoms with E-state index in [1.54, 1.807) is 6.07 Å². The van der Waals surface area contributed by atoms with Crippen LogP contribution in [-0.4, -0.2) is 0 Å². The first-order valence-corrected chi connectivity index (χ1v) is 7.65. The Hall–Kier alpha value is -0.320. The number of aryl methyl sites for hydroxylation is 2. The zero-order chi connectivity index (χ0) is 14.2. The molecule has 0 radical (unpaired) electrons. The van der Waals surface area contributed by atoms with E-state index in [9.17, 15) is 4.39 Å². The molecule has 2 aromatic rings. The van der Waals surface area contributed by atoms with Gasteiger partial charge in [-0.25, -0.2) is 4.39 Å². The molecule has 0 aliphatic heterocycles. The van der Waals surface area contributed by atoms with E-state index < -0.39 is 0 Å². The van der Waals surface area contributed by atoms with Crippen LogP contribution in [-0.2, 0) is 0 Å². The molecule has 0 saturated carbocycles. The number of hydrogen-bond acceptors (Lipinski definition) is 0. The zero-order valence-corrected chi connectivity index (χ0v) is 14.1. The molecule has 2 aromatic carbocycles. The number of alkyl halides is 1. The van der Waals surface area contributed by atoms with Crippen molar-refractivity contribution in [2.24, 2.45) is 0 Å². The molecule has 0 bridgehead atoms. The van der Waals surface area contributed by atoms with Crippen LogP contribution >= 0.6 is 45.8 Å². The van der Waals surface area contributed by atoms with Crippen LogP contribution in [0.4, 0.5) is 4.39 Å². The van der Waals surface area contributed by atoms with Gasteiger partial charge in [0.05, 0.1) is 5.38 Å². The van der Waals surface area contributed by atoms with E-state index in [1.807, 2.05) is 26.0 Å². The van der Waals surface area contributed by atoms with Crippen LogP contribution < -0.4 is 0 Å². The highest BCUT2D eigenvalue weighted by Gasteiger charge is 2.18. The molecule has 0 N–H and O–H groups in total. The van der Waals surface area contributed by atoms with Gasteiger partial charge in [0.1, 0.15) is 5.82 Å². The van der Waals surface area contributed by atoms with Crippen LogP contribution in [0.5, 0.6) is 0 Å². The number of rotatable bonds is 2. The highest BCUT2D eigenvalue weighted by molar-refractivity contribution is 14.1. The molecule has 4 heteroatoms. The smallest absolute Gasteiger partial charge is 0.124 e. The van der Waals surface area contributed by atoms with Gasteiger partial charge in [-0.1, -0.05) is 23.7 Å². The minimum absolute atomic E-state index is 0.261. The van der Waals surface area contributed by atoms with E-state index in [0.717, 1.165) is 25.8 Å². The predicted octanol–water partition coefficient (Wildman–Crippen LogP) is 6.03. The normalized spacial score (nSPS) is 12.5. The minimum atomic E-state index is -0.376. The Morgan fingerprint density at radius 2 is 1.68 bits per heavy atom. The van der Waals surface area contributed by atoms with Crippen LogP contribution in [0.25, 0.3) is 0 Å². The van der Waals surface area contributed by atoms with Crippen LogP contribution in [0.15, 0.2) is 30.3 Å². The van der Waals surface area contributed by atoms with Crippen molar-refractivity contribution in [2.45, 2.75) is 19.2 Å². The molecule has 0 aliphatic rings. The summed E-state index contributed by atoms with van der Waals surface area (Å²) in [4.78, 5) is 0. The molecule has 19 heavy (non-hydrogen) atoms. The van der Waals surface area contributed by atoms with E-state index in [0.29, 0.717) is 5.02 Å². The van der Waals surface area contributed by atoms with Gasteiger partial charge in [0.15, 0.2) is 0 Å². The fraction of sp³-hybridized carbons (Fsp3) is 0.200. The van der Waals surface area contributed by atoms with Gasteiger partial charge in [0, 0.05) is 8.59 Å². The van der Waals surface area contributed by atoms with Gasteiger partial charge >= 0.3 is 0 Å². The first-order chi connectivity index (χ1) is 8.90. The molecule has 0 amide bonds. The summed E-state index contributed by atoms with van der Waals surface area (Å²) in [5, 5.41) is 0.266. The van der Waals surface area contributed by atoms with Crippen molar-refractivity contribution >= 4 is 45.8 Å². The summed E-state index contributed by atoms with van der Waals surface area (Å²) in [6.45, 7) is 4.03. The van der Waals surface area contributed by atoms with Crippen molar-refractivity contribution in [3.8, 4) is 0 Å². The second kappa shape index (κ2) is 5.98. The largest absolute Gasteiger partial charge is 0.207 e. The molecule has 0 saturated heterocycles. The lowest BCUT2D eigenvalue weighted by Gasteiger charge is -2.16. The Morgan fingerprint density at radius 3 is 2.32 bits per heavy atom. The molecular weight excluding hydrogens is 397 g/mol. The average molecular weight is 409 g/mol. The van der Waals surface area contributed by atoms with Crippen molar-refractivity contribution in [2.75, 3.05) is 0 Å². The van der Waals surface area contributed by atoms with Gasteiger partial charge in [0.2, 0.25) is 0 Å². The van der Waals surface area contributed by atoms with E-state index in [-0.39, 0.29) is 11.2 Å². The maximum Gasteiger partial charge on any atom is 0.124 e. The van der Waals surface area contributed by atoms with E-state index >= 15 is 0 Å². The highest BCUT2D eigenvalue weighted by Crippen LogP contribution is 2.37. The van der Waals surface area contributed by atoms with Crippen LogP contribution in [0.2, 0.25) is 5.02 Å². The van der Waals surface area contributed by atoms with E-state index in [4.69, 9.17) is 23.2 Å². The fourth-order valence-electron chi connectivity index (χ4n) is 1.87. The summed E-state index contributed by atoms with van der Waals surface area (Å²) in [6.07, 6.45) is 0. The third-order valence-corrected chi connectivity index (χ3v) is 4.85. The van der Waals surface area contributed by atoms with Crippen molar-refractivity contribution in [3.63, 3.8) is 0 Å². The molecule has 100 valence electrons. The fourth-order valence-corrected chi connectivity index (χ4v) is 3.60. The van der Waals surface area contributed by atoms with Crippen molar-refractivity contribution < 1.29 is 4.39 Å². The third kappa shape index (κ3) is 3.23. The lowest BCUT2D eigenvalue weighted by Crippen LogP contribution is -1.99. The second-order valence-corrected chi connectivity index (χ2v) is 6.49. The summed E-state index contributed by atoms with van der Waals surface area (Å²) in [7, 11) is 0. The molecule has 2 rings (SSSR count). The SMILES string of the molecule is Cc1cc(Cl)c(C(Cl)c2ccc(F)cc2I)cc1C. The van der Waals surface area contributed by atoms with Crippen LogP contribution in [0, 0.1) is 23.2 Å². The highest BCUT2D eigenvalue weighted by atomic mass is 127. The Morgan fingerprint density at radius 1 is 1.05 bits per heavy atom. The van der Waals surface area contributed by atoms with E-state index in [2.05, 4.69) is 22.6 Å². The van der Waals surface area contributed by atoms with Crippen LogP contribution in [0.1, 0.15) is 27.6 Å². The molecule has 0 nitrogen and oxygen atoms in total. The quantitative estimate of drug-likeness (QED) is 0.420. The van der Waals surface area contributed by atoms with Gasteiger partial charge in [-0.3, -0.25) is 0 Å². The second-order valence-electron chi connectivity index (χ2n) is 4.49. The van der Waals surface area contributed by atoms with E-state index in [1.165, 1.54) is 12.1 Å². The number of hydrogen-bond donors (Lipinski definition) is 0.